The number of nitro groups is 1. The number of oxazole rings is 1. The fourth-order valence-corrected chi connectivity index (χ4v) is 3.25. The van der Waals surface area contributed by atoms with E-state index >= 15 is 0 Å². The number of carbonyl (C=O) groups excluding carboxylic acids is 1. The fourth-order valence-electron chi connectivity index (χ4n) is 3.25. The van der Waals surface area contributed by atoms with E-state index in [9.17, 15) is 20.0 Å². The van der Waals surface area contributed by atoms with Gasteiger partial charge < -0.3 is 14.8 Å². The van der Waals surface area contributed by atoms with Crippen LogP contribution in [0.4, 0.5) is 11.4 Å². The van der Waals surface area contributed by atoms with E-state index in [2.05, 4.69) is 10.3 Å². The van der Waals surface area contributed by atoms with Crippen molar-refractivity contribution >= 4 is 28.4 Å². The topological polar surface area (TPSA) is 118 Å². The number of nitro benzene ring substituents is 1. The molecule has 3 aromatic carbocycles. The number of rotatable bonds is 4. The number of fused-ring (bicyclic) bond motifs is 1. The molecule has 0 saturated heterocycles. The molecule has 8 heteroatoms. The Morgan fingerprint density at radius 1 is 1.13 bits per heavy atom. The highest BCUT2D eigenvalue weighted by Gasteiger charge is 2.16. The van der Waals surface area contributed by atoms with Gasteiger partial charge in [0.1, 0.15) is 11.3 Å². The molecule has 2 N–H and O–H groups in total. The van der Waals surface area contributed by atoms with Crippen molar-refractivity contribution in [2.24, 2.45) is 0 Å². The number of hydrogen-bond acceptors (Lipinski definition) is 6. The predicted octanol–water partition coefficient (Wildman–Crippen LogP) is 4.98. The molecule has 1 amide bonds. The highest BCUT2D eigenvalue weighted by Crippen LogP contribution is 2.34. The van der Waals surface area contributed by atoms with Gasteiger partial charge in [-0.15, -0.1) is 0 Å². The van der Waals surface area contributed by atoms with Crippen LogP contribution in [0.3, 0.4) is 0 Å². The molecule has 1 aromatic heterocycles. The highest BCUT2D eigenvalue weighted by atomic mass is 16.6. The quantitative estimate of drug-likeness (QED) is 0.366. The van der Waals surface area contributed by atoms with Crippen LogP contribution in [0.2, 0.25) is 0 Å². The zero-order valence-electron chi connectivity index (χ0n) is 16.2. The maximum absolute atomic E-state index is 12.4. The highest BCUT2D eigenvalue weighted by molar-refractivity contribution is 6.04. The van der Waals surface area contributed by atoms with Gasteiger partial charge in [0, 0.05) is 29.4 Å². The molecule has 30 heavy (non-hydrogen) atoms. The third kappa shape index (κ3) is 3.58. The van der Waals surface area contributed by atoms with Gasteiger partial charge >= 0.3 is 0 Å². The summed E-state index contributed by atoms with van der Waals surface area (Å²) < 4.78 is 5.82. The van der Waals surface area contributed by atoms with Crippen molar-refractivity contribution in [3.63, 3.8) is 0 Å². The smallest absolute Gasteiger partial charge is 0.270 e. The lowest BCUT2D eigenvalue weighted by atomic mass is 10.1. The van der Waals surface area contributed by atoms with Crippen molar-refractivity contribution < 1.29 is 19.2 Å². The van der Waals surface area contributed by atoms with Gasteiger partial charge in [0.2, 0.25) is 5.89 Å². The minimum atomic E-state index is -0.569. The number of benzene rings is 3. The molecule has 0 unspecified atom stereocenters. The number of amides is 1. The SMILES string of the molecule is Cc1cc(C)c2oc(-c3ccc(NC(=O)c4cccc([N+](=O)[O-])c4)cc3O)nc2c1. The third-order valence-electron chi connectivity index (χ3n) is 4.63. The molecule has 0 aliphatic carbocycles. The number of aromatic hydroxyl groups is 1. The summed E-state index contributed by atoms with van der Waals surface area (Å²) in [5, 5.41) is 23.9. The van der Waals surface area contributed by atoms with Gasteiger partial charge in [0.05, 0.1) is 10.5 Å². The first-order valence-electron chi connectivity index (χ1n) is 9.09. The maximum Gasteiger partial charge on any atom is 0.270 e. The van der Waals surface area contributed by atoms with Gasteiger partial charge in [0.25, 0.3) is 11.6 Å². The average molecular weight is 403 g/mol. The van der Waals surface area contributed by atoms with Crippen LogP contribution in [-0.2, 0) is 0 Å². The largest absolute Gasteiger partial charge is 0.507 e. The number of nitrogens with zero attached hydrogens (tertiary/aromatic N) is 2. The number of phenolic OH excluding ortho intramolecular Hbond substituents is 1. The Kier molecular flexibility index (Phi) is 4.67. The standard InChI is InChI=1S/C22H17N3O5/c1-12-8-13(2)20-18(9-12)24-22(30-20)17-7-6-15(11-19(17)26)23-21(27)14-4-3-5-16(10-14)25(28)29/h3-11,26H,1-2H3,(H,23,27). The van der Waals surface area contributed by atoms with E-state index in [1.165, 1.54) is 30.3 Å². The fraction of sp³-hybridized carbons (Fsp3) is 0.0909. The van der Waals surface area contributed by atoms with Crippen LogP contribution >= 0.6 is 0 Å². The molecule has 0 bridgehead atoms. The van der Waals surface area contributed by atoms with Gasteiger partial charge in [-0.1, -0.05) is 12.1 Å². The van der Waals surface area contributed by atoms with Crippen molar-refractivity contribution in [3.8, 4) is 17.2 Å². The molecular weight excluding hydrogens is 386 g/mol. The van der Waals surface area contributed by atoms with Crippen LogP contribution in [0.25, 0.3) is 22.6 Å². The van der Waals surface area contributed by atoms with Gasteiger partial charge in [0.15, 0.2) is 5.58 Å². The molecule has 8 nitrogen and oxygen atoms in total. The third-order valence-corrected chi connectivity index (χ3v) is 4.63. The molecular formula is C22H17N3O5. The van der Waals surface area contributed by atoms with Crippen molar-refractivity contribution in [2.75, 3.05) is 5.32 Å². The monoisotopic (exact) mass is 403 g/mol. The molecule has 150 valence electrons. The minimum Gasteiger partial charge on any atom is -0.507 e. The first-order chi connectivity index (χ1) is 14.3. The van der Waals surface area contributed by atoms with E-state index in [-0.39, 0.29) is 22.9 Å². The average Bonchev–Trinajstić information content (AvgIpc) is 3.12. The Morgan fingerprint density at radius 2 is 1.93 bits per heavy atom. The summed E-state index contributed by atoms with van der Waals surface area (Å²) >= 11 is 0. The molecule has 0 aliphatic rings. The second kappa shape index (κ2) is 7.32. The summed E-state index contributed by atoms with van der Waals surface area (Å²) in [5.74, 6) is -0.376. The van der Waals surface area contributed by atoms with Crippen molar-refractivity contribution in [1.82, 2.24) is 4.98 Å². The van der Waals surface area contributed by atoms with Gasteiger partial charge in [-0.3, -0.25) is 14.9 Å². The van der Waals surface area contributed by atoms with Crippen LogP contribution < -0.4 is 5.32 Å². The zero-order chi connectivity index (χ0) is 21.4. The van der Waals surface area contributed by atoms with Crippen LogP contribution in [0, 0.1) is 24.0 Å². The van der Waals surface area contributed by atoms with Crippen LogP contribution in [0.1, 0.15) is 21.5 Å². The van der Waals surface area contributed by atoms with E-state index in [1.54, 1.807) is 12.1 Å². The second-order valence-corrected chi connectivity index (χ2v) is 6.94. The Morgan fingerprint density at radius 3 is 2.67 bits per heavy atom. The lowest BCUT2D eigenvalue weighted by molar-refractivity contribution is -0.384. The molecule has 0 spiro atoms. The summed E-state index contributed by atoms with van der Waals surface area (Å²) in [5.41, 5.74) is 4.03. The van der Waals surface area contributed by atoms with Crippen molar-refractivity contribution in [2.45, 2.75) is 13.8 Å². The molecule has 4 rings (SSSR count). The lowest BCUT2D eigenvalue weighted by Gasteiger charge is -2.07. The summed E-state index contributed by atoms with van der Waals surface area (Å²) in [6.07, 6.45) is 0. The van der Waals surface area contributed by atoms with Crippen LogP contribution in [-0.4, -0.2) is 20.9 Å². The Bertz CT molecular complexity index is 1310. The Balaban J connectivity index is 1.61. The summed E-state index contributed by atoms with van der Waals surface area (Å²) in [6.45, 7) is 3.90. The van der Waals surface area contributed by atoms with Gasteiger partial charge in [-0.25, -0.2) is 4.98 Å². The summed E-state index contributed by atoms with van der Waals surface area (Å²) in [7, 11) is 0. The molecule has 4 aromatic rings. The summed E-state index contributed by atoms with van der Waals surface area (Å²) in [6, 6.07) is 13.8. The van der Waals surface area contributed by atoms with E-state index in [0.717, 1.165) is 11.1 Å². The molecule has 0 saturated carbocycles. The Labute approximate surface area is 170 Å². The minimum absolute atomic E-state index is 0.118. The lowest BCUT2D eigenvalue weighted by Crippen LogP contribution is -2.12. The van der Waals surface area contributed by atoms with E-state index < -0.39 is 10.8 Å². The Hall–Kier alpha value is -4.20. The van der Waals surface area contributed by atoms with Crippen molar-refractivity contribution in [3.05, 3.63) is 81.4 Å². The number of hydrogen-bond donors (Lipinski definition) is 2. The molecule has 0 atom stereocenters. The molecule has 0 fully saturated rings. The van der Waals surface area contributed by atoms with E-state index in [1.807, 2.05) is 26.0 Å². The maximum atomic E-state index is 12.4. The molecule has 1 heterocycles. The number of nitrogens with one attached hydrogen (secondary N) is 1. The number of non-ortho nitro benzene ring substituents is 1. The zero-order valence-corrected chi connectivity index (χ0v) is 16.2. The van der Waals surface area contributed by atoms with Gasteiger partial charge in [-0.05, 0) is 49.2 Å². The van der Waals surface area contributed by atoms with Crippen LogP contribution in [0.15, 0.2) is 59.0 Å². The van der Waals surface area contributed by atoms with E-state index in [4.69, 9.17) is 4.42 Å². The van der Waals surface area contributed by atoms with E-state index in [0.29, 0.717) is 22.4 Å². The number of aryl methyl sites for hydroxylation is 2. The first kappa shape index (κ1) is 19.1. The van der Waals surface area contributed by atoms with Crippen LogP contribution in [0.5, 0.6) is 5.75 Å². The summed E-state index contributed by atoms with van der Waals surface area (Å²) in [4.78, 5) is 27.2. The van der Waals surface area contributed by atoms with Crippen molar-refractivity contribution in [1.29, 1.82) is 0 Å². The number of anilines is 1. The number of phenols is 1. The predicted molar refractivity (Wildman–Crippen MR) is 112 cm³/mol. The number of carbonyl (C=O) groups is 1. The second-order valence-electron chi connectivity index (χ2n) is 6.94. The molecule has 0 radical (unpaired) electrons. The van der Waals surface area contributed by atoms with Gasteiger partial charge in [-0.2, -0.15) is 0 Å². The molecule has 0 aliphatic heterocycles. The normalized spacial score (nSPS) is 10.9. The number of aromatic nitrogens is 1. The first-order valence-corrected chi connectivity index (χ1v) is 9.09.